The second kappa shape index (κ2) is 8.00. The smallest absolute Gasteiger partial charge is 0.257 e. The van der Waals surface area contributed by atoms with Crippen molar-refractivity contribution in [2.45, 2.75) is 13.8 Å². The summed E-state index contributed by atoms with van der Waals surface area (Å²) in [5, 5.41) is 11.6. The Hall–Kier alpha value is -2.80. The summed E-state index contributed by atoms with van der Waals surface area (Å²) in [6.45, 7) is 4.76. The fourth-order valence-corrected chi connectivity index (χ4v) is 2.00. The lowest BCUT2D eigenvalue weighted by molar-refractivity contribution is -0.123. The summed E-state index contributed by atoms with van der Waals surface area (Å²) < 4.78 is 5.47. The van der Waals surface area contributed by atoms with E-state index < -0.39 is 0 Å². The van der Waals surface area contributed by atoms with Gasteiger partial charge in [-0.2, -0.15) is 5.26 Å². The van der Waals surface area contributed by atoms with Gasteiger partial charge in [-0.15, -0.1) is 0 Å². The highest BCUT2D eigenvalue weighted by molar-refractivity contribution is 5.77. The number of rotatable bonds is 6. The van der Waals surface area contributed by atoms with Crippen molar-refractivity contribution in [2.24, 2.45) is 5.92 Å². The molecule has 0 aliphatic heterocycles. The largest absolute Gasteiger partial charge is 0.484 e. The molecule has 1 amide bonds. The molecule has 2 aromatic rings. The quantitative estimate of drug-likeness (QED) is 0.890. The van der Waals surface area contributed by atoms with Gasteiger partial charge in [0, 0.05) is 6.54 Å². The molecule has 1 N–H and O–H groups in total. The van der Waals surface area contributed by atoms with Crippen LogP contribution in [0.4, 0.5) is 0 Å². The first kappa shape index (κ1) is 16.6. The molecule has 2 rings (SSSR count). The molecule has 0 radical (unpaired) electrons. The van der Waals surface area contributed by atoms with E-state index in [9.17, 15) is 4.79 Å². The van der Waals surface area contributed by atoms with Crippen LogP contribution < -0.4 is 10.1 Å². The highest BCUT2D eigenvalue weighted by atomic mass is 16.5. The molecule has 0 saturated heterocycles. The summed E-state index contributed by atoms with van der Waals surface area (Å²) in [7, 11) is 0. The van der Waals surface area contributed by atoms with E-state index in [0.717, 1.165) is 11.1 Å². The molecule has 2 aromatic carbocycles. The first-order chi connectivity index (χ1) is 11.1. The van der Waals surface area contributed by atoms with Crippen molar-refractivity contribution < 1.29 is 9.53 Å². The summed E-state index contributed by atoms with van der Waals surface area (Å²) in [5.41, 5.74) is 2.71. The minimum atomic E-state index is -0.116. The Kier molecular flexibility index (Phi) is 5.76. The fraction of sp³-hybridized carbons (Fsp3) is 0.263. The van der Waals surface area contributed by atoms with Crippen LogP contribution in [0.1, 0.15) is 19.4 Å². The van der Waals surface area contributed by atoms with E-state index >= 15 is 0 Å². The van der Waals surface area contributed by atoms with Gasteiger partial charge < -0.3 is 10.1 Å². The van der Waals surface area contributed by atoms with Gasteiger partial charge in [-0.3, -0.25) is 4.79 Å². The average molecular weight is 308 g/mol. The Morgan fingerprint density at radius 3 is 2.17 bits per heavy atom. The molecule has 0 bridgehead atoms. The van der Waals surface area contributed by atoms with E-state index in [4.69, 9.17) is 10.00 Å². The molecule has 0 spiro atoms. The van der Waals surface area contributed by atoms with Gasteiger partial charge in [0.1, 0.15) is 5.75 Å². The van der Waals surface area contributed by atoms with Crippen molar-refractivity contribution in [2.75, 3.05) is 13.2 Å². The Morgan fingerprint density at radius 2 is 1.65 bits per heavy atom. The minimum absolute atomic E-state index is 0.0168. The number of nitrogens with zero attached hydrogens (tertiary/aromatic N) is 1. The normalized spacial score (nSPS) is 10.2. The number of carbonyl (C=O) groups excluding carboxylic acids is 1. The molecule has 0 atom stereocenters. The third-order valence-corrected chi connectivity index (χ3v) is 3.28. The number of hydrogen-bond acceptors (Lipinski definition) is 3. The van der Waals surface area contributed by atoms with Crippen LogP contribution in [0.2, 0.25) is 0 Å². The van der Waals surface area contributed by atoms with Crippen molar-refractivity contribution in [3.8, 4) is 22.9 Å². The Labute approximate surface area is 136 Å². The van der Waals surface area contributed by atoms with Crippen LogP contribution in [0.3, 0.4) is 0 Å². The van der Waals surface area contributed by atoms with Crippen molar-refractivity contribution in [1.82, 2.24) is 5.32 Å². The third-order valence-electron chi connectivity index (χ3n) is 3.28. The number of ether oxygens (including phenoxy) is 1. The highest BCUT2D eigenvalue weighted by Crippen LogP contribution is 2.22. The number of carbonyl (C=O) groups is 1. The topological polar surface area (TPSA) is 62.1 Å². The third kappa shape index (κ3) is 5.15. The molecule has 4 heteroatoms. The Bertz CT molecular complexity index is 683. The molecule has 0 aliphatic carbocycles. The van der Waals surface area contributed by atoms with E-state index in [-0.39, 0.29) is 12.5 Å². The molecule has 0 aliphatic rings. The molecule has 0 saturated carbocycles. The summed E-state index contributed by atoms with van der Waals surface area (Å²) in [4.78, 5) is 11.6. The number of benzene rings is 2. The van der Waals surface area contributed by atoms with E-state index in [0.29, 0.717) is 23.8 Å². The lowest BCUT2D eigenvalue weighted by atomic mass is 10.0. The fourth-order valence-electron chi connectivity index (χ4n) is 2.00. The average Bonchev–Trinajstić information content (AvgIpc) is 2.58. The monoisotopic (exact) mass is 308 g/mol. The molecule has 118 valence electrons. The van der Waals surface area contributed by atoms with Crippen LogP contribution in [0, 0.1) is 17.2 Å². The number of nitriles is 1. The van der Waals surface area contributed by atoms with Gasteiger partial charge in [0.25, 0.3) is 5.91 Å². The Balaban J connectivity index is 1.91. The van der Waals surface area contributed by atoms with Crippen LogP contribution >= 0.6 is 0 Å². The Morgan fingerprint density at radius 1 is 1.09 bits per heavy atom. The zero-order valence-electron chi connectivity index (χ0n) is 13.4. The lowest BCUT2D eigenvalue weighted by Crippen LogP contribution is -2.31. The maximum absolute atomic E-state index is 11.6. The van der Waals surface area contributed by atoms with E-state index in [1.54, 1.807) is 12.1 Å². The summed E-state index contributed by atoms with van der Waals surface area (Å²) in [6, 6.07) is 17.0. The maximum Gasteiger partial charge on any atom is 0.257 e. The van der Waals surface area contributed by atoms with Gasteiger partial charge in [-0.1, -0.05) is 38.1 Å². The van der Waals surface area contributed by atoms with Gasteiger partial charge >= 0.3 is 0 Å². The molecule has 0 heterocycles. The number of nitrogens with one attached hydrogen (secondary N) is 1. The molecule has 0 fully saturated rings. The van der Waals surface area contributed by atoms with Gasteiger partial charge in [-0.25, -0.2) is 0 Å². The van der Waals surface area contributed by atoms with Gasteiger partial charge in [0.15, 0.2) is 6.61 Å². The SMILES string of the molecule is CC(C)CNC(=O)COc1ccc(-c2ccc(C#N)cc2)cc1. The predicted octanol–water partition coefficient (Wildman–Crippen LogP) is 3.38. The van der Waals surface area contributed by atoms with Gasteiger partial charge in [-0.05, 0) is 41.3 Å². The van der Waals surface area contributed by atoms with E-state index in [2.05, 4.69) is 11.4 Å². The van der Waals surface area contributed by atoms with Crippen LogP contribution in [-0.2, 0) is 4.79 Å². The summed E-state index contributed by atoms with van der Waals surface area (Å²) in [5.74, 6) is 0.961. The van der Waals surface area contributed by atoms with Crippen LogP contribution in [-0.4, -0.2) is 19.1 Å². The van der Waals surface area contributed by atoms with Crippen LogP contribution in [0.15, 0.2) is 48.5 Å². The van der Waals surface area contributed by atoms with Gasteiger partial charge in [0.05, 0.1) is 11.6 Å². The van der Waals surface area contributed by atoms with Crippen LogP contribution in [0.5, 0.6) is 5.75 Å². The molecule has 23 heavy (non-hydrogen) atoms. The van der Waals surface area contributed by atoms with E-state index in [1.807, 2.05) is 50.2 Å². The molecule has 4 nitrogen and oxygen atoms in total. The second-order valence-electron chi connectivity index (χ2n) is 5.70. The number of amides is 1. The standard InChI is InChI=1S/C19H20N2O2/c1-14(2)12-21-19(22)13-23-18-9-7-17(8-10-18)16-5-3-15(11-20)4-6-16/h3-10,14H,12-13H2,1-2H3,(H,21,22). The van der Waals surface area contributed by atoms with Crippen LogP contribution in [0.25, 0.3) is 11.1 Å². The first-order valence-corrected chi connectivity index (χ1v) is 7.58. The molecule has 0 unspecified atom stereocenters. The van der Waals surface area contributed by atoms with E-state index in [1.165, 1.54) is 0 Å². The van der Waals surface area contributed by atoms with Crippen molar-refractivity contribution >= 4 is 5.91 Å². The lowest BCUT2D eigenvalue weighted by Gasteiger charge is -2.09. The van der Waals surface area contributed by atoms with Gasteiger partial charge in [0.2, 0.25) is 0 Å². The zero-order chi connectivity index (χ0) is 16.7. The molecular formula is C19H20N2O2. The van der Waals surface area contributed by atoms with Crippen molar-refractivity contribution in [3.63, 3.8) is 0 Å². The van der Waals surface area contributed by atoms with Crippen molar-refractivity contribution in [1.29, 1.82) is 5.26 Å². The van der Waals surface area contributed by atoms with Crippen molar-refractivity contribution in [3.05, 3.63) is 54.1 Å². The first-order valence-electron chi connectivity index (χ1n) is 7.58. The zero-order valence-corrected chi connectivity index (χ0v) is 13.4. The second-order valence-corrected chi connectivity index (χ2v) is 5.70. The number of hydrogen-bond donors (Lipinski definition) is 1. The summed E-state index contributed by atoms with van der Waals surface area (Å²) >= 11 is 0. The highest BCUT2D eigenvalue weighted by Gasteiger charge is 2.04. The molecular weight excluding hydrogens is 288 g/mol. The maximum atomic E-state index is 11.6. The predicted molar refractivity (Wildman–Crippen MR) is 89.9 cm³/mol. The summed E-state index contributed by atoms with van der Waals surface area (Å²) in [6.07, 6.45) is 0. The molecule has 0 aromatic heterocycles. The minimum Gasteiger partial charge on any atom is -0.484 e.